The second kappa shape index (κ2) is 7.24. The first-order chi connectivity index (χ1) is 13.6. The van der Waals surface area contributed by atoms with Crippen molar-refractivity contribution in [3.63, 3.8) is 0 Å². The molecular weight excluding hydrogens is 374 g/mol. The first-order valence-electron chi connectivity index (χ1n) is 8.47. The fraction of sp³-hybridized carbons (Fsp3) is 0.0476. The van der Waals surface area contributed by atoms with E-state index in [0.29, 0.717) is 27.1 Å². The number of nitrogens with zero attached hydrogens (tertiary/aromatic N) is 3. The standard InChI is InChI=1S/C21H14ClN5O/c22-16-2-4-17(13(6-16)8-23)15-5-14(10-25-11-15)12-1-3-18-19(7-12)20(9-24)26-27-21(18)28/h1-7,10-11H,9,24H2,(H,27,28). The molecule has 0 aliphatic carbocycles. The van der Waals surface area contributed by atoms with E-state index in [1.165, 1.54) is 0 Å². The van der Waals surface area contributed by atoms with Gasteiger partial charge in [-0.3, -0.25) is 9.78 Å². The van der Waals surface area contributed by atoms with Crippen LogP contribution >= 0.6 is 11.6 Å². The SMILES string of the molecule is N#Cc1cc(Cl)ccc1-c1cncc(-c2ccc3c(=O)[nH]nc(CN)c3c2)c1. The molecule has 0 aliphatic rings. The monoisotopic (exact) mass is 387 g/mol. The maximum absolute atomic E-state index is 12.0. The molecular formula is C21H14ClN5O. The Bertz CT molecular complexity index is 1310. The summed E-state index contributed by atoms with van der Waals surface area (Å²) in [6.45, 7) is 0.214. The molecule has 2 aromatic heterocycles. The van der Waals surface area contributed by atoms with E-state index in [1.54, 1.807) is 36.7 Å². The van der Waals surface area contributed by atoms with Gasteiger partial charge >= 0.3 is 0 Å². The molecule has 3 N–H and O–H groups in total. The van der Waals surface area contributed by atoms with E-state index < -0.39 is 0 Å². The molecule has 4 aromatic rings. The highest BCUT2D eigenvalue weighted by atomic mass is 35.5. The normalized spacial score (nSPS) is 10.8. The minimum Gasteiger partial charge on any atom is -0.325 e. The molecule has 0 unspecified atom stereocenters. The van der Waals surface area contributed by atoms with E-state index in [0.717, 1.165) is 22.3 Å². The average molecular weight is 388 g/mol. The molecule has 0 amide bonds. The lowest BCUT2D eigenvalue weighted by molar-refractivity contribution is 0.900. The second-order valence-electron chi connectivity index (χ2n) is 6.23. The van der Waals surface area contributed by atoms with Gasteiger partial charge < -0.3 is 5.73 Å². The van der Waals surface area contributed by atoms with Gasteiger partial charge in [0.2, 0.25) is 0 Å². The molecule has 0 radical (unpaired) electrons. The molecule has 2 aromatic carbocycles. The minimum absolute atomic E-state index is 0.214. The second-order valence-corrected chi connectivity index (χ2v) is 6.66. The van der Waals surface area contributed by atoms with Crippen molar-refractivity contribution in [3.8, 4) is 28.3 Å². The van der Waals surface area contributed by atoms with E-state index in [2.05, 4.69) is 21.3 Å². The van der Waals surface area contributed by atoms with Crippen LogP contribution in [0, 0.1) is 11.3 Å². The first-order valence-corrected chi connectivity index (χ1v) is 8.85. The summed E-state index contributed by atoms with van der Waals surface area (Å²) in [7, 11) is 0. The Kier molecular flexibility index (Phi) is 4.62. The summed E-state index contributed by atoms with van der Waals surface area (Å²) in [6.07, 6.45) is 3.43. The number of pyridine rings is 1. The Labute approximate surface area is 165 Å². The quantitative estimate of drug-likeness (QED) is 0.557. The topological polar surface area (TPSA) is 108 Å². The largest absolute Gasteiger partial charge is 0.325 e. The molecule has 2 heterocycles. The zero-order valence-electron chi connectivity index (χ0n) is 14.6. The summed E-state index contributed by atoms with van der Waals surface area (Å²) in [5.74, 6) is 0. The fourth-order valence-electron chi connectivity index (χ4n) is 3.16. The molecule has 0 bridgehead atoms. The molecule has 0 aliphatic heterocycles. The highest BCUT2D eigenvalue weighted by Crippen LogP contribution is 2.30. The van der Waals surface area contributed by atoms with Gasteiger partial charge in [0, 0.05) is 46.0 Å². The van der Waals surface area contributed by atoms with Crippen molar-refractivity contribution >= 4 is 22.4 Å². The van der Waals surface area contributed by atoms with E-state index in [1.807, 2.05) is 18.2 Å². The molecule has 136 valence electrons. The lowest BCUT2D eigenvalue weighted by Crippen LogP contribution is -2.13. The molecule has 7 heteroatoms. The van der Waals surface area contributed by atoms with Gasteiger partial charge in [0.1, 0.15) is 0 Å². The molecule has 6 nitrogen and oxygen atoms in total. The van der Waals surface area contributed by atoms with Gasteiger partial charge in [-0.2, -0.15) is 10.4 Å². The number of hydrogen-bond donors (Lipinski definition) is 2. The Morgan fingerprint density at radius 1 is 1.04 bits per heavy atom. The summed E-state index contributed by atoms with van der Waals surface area (Å²) >= 11 is 6.00. The van der Waals surface area contributed by atoms with Crippen LogP contribution in [0.15, 0.2) is 59.7 Å². The van der Waals surface area contributed by atoms with Gasteiger partial charge in [0.15, 0.2) is 0 Å². The number of fused-ring (bicyclic) bond motifs is 1. The van der Waals surface area contributed by atoms with Crippen LogP contribution < -0.4 is 11.3 Å². The third-order valence-corrected chi connectivity index (χ3v) is 4.78. The molecule has 0 atom stereocenters. The lowest BCUT2D eigenvalue weighted by Gasteiger charge is -2.09. The first kappa shape index (κ1) is 17.9. The van der Waals surface area contributed by atoms with Crippen LogP contribution in [0.5, 0.6) is 0 Å². The van der Waals surface area contributed by atoms with Gasteiger partial charge in [-0.05, 0) is 35.9 Å². The highest BCUT2D eigenvalue weighted by Gasteiger charge is 2.10. The number of rotatable bonds is 3. The van der Waals surface area contributed by atoms with Crippen LogP contribution in [0.3, 0.4) is 0 Å². The van der Waals surface area contributed by atoms with Crippen molar-refractivity contribution in [2.75, 3.05) is 0 Å². The molecule has 0 saturated carbocycles. The van der Waals surface area contributed by atoms with Crippen molar-refractivity contribution in [1.29, 1.82) is 5.26 Å². The fourth-order valence-corrected chi connectivity index (χ4v) is 3.33. The van der Waals surface area contributed by atoms with Crippen LogP contribution in [0.1, 0.15) is 11.3 Å². The van der Waals surface area contributed by atoms with Gasteiger partial charge in [-0.25, -0.2) is 5.10 Å². The van der Waals surface area contributed by atoms with Gasteiger partial charge in [0.25, 0.3) is 5.56 Å². The van der Waals surface area contributed by atoms with E-state index >= 15 is 0 Å². The Morgan fingerprint density at radius 3 is 2.64 bits per heavy atom. The minimum atomic E-state index is -0.259. The maximum Gasteiger partial charge on any atom is 0.272 e. The number of hydrogen-bond acceptors (Lipinski definition) is 5. The highest BCUT2D eigenvalue weighted by molar-refractivity contribution is 6.30. The van der Waals surface area contributed by atoms with Crippen LogP contribution in [0.2, 0.25) is 5.02 Å². The van der Waals surface area contributed by atoms with Crippen molar-refractivity contribution < 1.29 is 0 Å². The molecule has 0 saturated heterocycles. The van der Waals surface area contributed by atoms with Crippen LogP contribution in [-0.2, 0) is 6.54 Å². The van der Waals surface area contributed by atoms with Crippen LogP contribution in [-0.4, -0.2) is 15.2 Å². The summed E-state index contributed by atoms with van der Waals surface area (Å²) < 4.78 is 0. The van der Waals surface area contributed by atoms with E-state index in [9.17, 15) is 10.1 Å². The Morgan fingerprint density at radius 2 is 1.86 bits per heavy atom. The molecule has 4 rings (SSSR count). The van der Waals surface area contributed by atoms with Crippen molar-refractivity contribution in [2.24, 2.45) is 5.73 Å². The van der Waals surface area contributed by atoms with Crippen LogP contribution in [0.25, 0.3) is 33.0 Å². The van der Waals surface area contributed by atoms with Gasteiger partial charge in [-0.1, -0.05) is 23.7 Å². The van der Waals surface area contributed by atoms with Crippen LogP contribution in [0.4, 0.5) is 0 Å². The number of H-pyrrole nitrogens is 1. The average Bonchev–Trinajstić information content (AvgIpc) is 2.74. The zero-order chi connectivity index (χ0) is 19.7. The zero-order valence-corrected chi connectivity index (χ0v) is 15.4. The molecule has 0 spiro atoms. The number of aromatic nitrogens is 3. The third kappa shape index (κ3) is 3.14. The number of nitriles is 1. The lowest BCUT2D eigenvalue weighted by atomic mass is 9.97. The molecule has 0 fully saturated rings. The predicted octanol–water partition coefficient (Wildman–Crippen LogP) is 3.64. The van der Waals surface area contributed by atoms with E-state index in [-0.39, 0.29) is 12.1 Å². The van der Waals surface area contributed by atoms with E-state index in [4.69, 9.17) is 17.3 Å². The number of benzene rings is 2. The van der Waals surface area contributed by atoms with Crippen molar-refractivity contribution in [1.82, 2.24) is 15.2 Å². The number of nitrogens with one attached hydrogen (secondary N) is 1. The summed E-state index contributed by atoms with van der Waals surface area (Å²) in [5.41, 5.74) is 9.87. The number of nitrogens with two attached hydrogens (primary N) is 1. The summed E-state index contributed by atoms with van der Waals surface area (Å²) in [5, 5.41) is 17.7. The van der Waals surface area contributed by atoms with Crippen molar-refractivity contribution in [2.45, 2.75) is 6.54 Å². The predicted molar refractivity (Wildman–Crippen MR) is 109 cm³/mol. The Hall–Kier alpha value is -3.53. The number of halogens is 1. The van der Waals surface area contributed by atoms with Gasteiger partial charge in [0.05, 0.1) is 22.7 Å². The molecule has 28 heavy (non-hydrogen) atoms. The van der Waals surface area contributed by atoms with Crippen molar-refractivity contribution in [3.05, 3.63) is 81.5 Å². The summed E-state index contributed by atoms with van der Waals surface area (Å²) in [6, 6.07) is 14.8. The third-order valence-electron chi connectivity index (χ3n) is 4.55. The maximum atomic E-state index is 12.0. The van der Waals surface area contributed by atoms with Gasteiger partial charge in [-0.15, -0.1) is 0 Å². The summed E-state index contributed by atoms with van der Waals surface area (Å²) in [4.78, 5) is 16.3. The number of aromatic amines is 1. The Balaban J connectivity index is 1.87. The smallest absolute Gasteiger partial charge is 0.272 e.